The number of amides is 2. The second kappa shape index (κ2) is 8.54. The van der Waals surface area contributed by atoms with Crippen LogP contribution in [0.2, 0.25) is 0 Å². The average molecular weight is 381 g/mol. The second-order valence-corrected chi connectivity index (χ2v) is 5.45. The summed E-state index contributed by atoms with van der Waals surface area (Å²) in [6, 6.07) is 12.7. The molecule has 2 amide bonds. The van der Waals surface area contributed by atoms with Gasteiger partial charge in [0.25, 0.3) is 11.8 Å². The number of imide groups is 1. The van der Waals surface area contributed by atoms with Gasteiger partial charge < -0.3 is 9.47 Å². The van der Waals surface area contributed by atoms with Gasteiger partial charge in [0, 0.05) is 0 Å². The Bertz CT molecular complexity index is 986. The minimum absolute atomic E-state index is 0.197. The number of hydrogen-bond donors (Lipinski definition) is 1. The zero-order valence-corrected chi connectivity index (χ0v) is 14.7. The fourth-order valence-corrected chi connectivity index (χ4v) is 2.31. The monoisotopic (exact) mass is 381 g/mol. The van der Waals surface area contributed by atoms with Gasteiger partial charge in [-0.3, -0.25) is 14.9 Å². The third-order valence-electron chi connectivity index (χ3n) is 3.66. The Morgan fingerprint density at radius 3 is 2.50 bits per heavy atom. The number of methoxy groups -OCH3 is 1. The largest absolute Gasteiger partial charge is 0.496 e. The Labute approximate surface area is 159 Å². The van der Waals surface area contributed by atoms with Crippen molar-refractivity contribution in [3.63, 3.8) is 0 Å². The molecule has 0 saturated heterocycles. The standard InChI is InChI=1S/C18H15N5O5/c1-27-15-5-3-2-4-14(15)17(25)20-16(24)10-28-18(26)12-6-8-13(9-7-12)23-11-19-21-22-23/h2-9,11H,10H2,1H3,(H,20,24,25). The van der Waals surface area contributed by atoms with Crippen molar-refractivity contribution in [3.05, 3.63) is 66.0 Å². The van der Waals surface area contributed by atoms with E-state index in [4.69, 9.17) is 9.47 Å². The lowest BCUT2D eigenvalue weighted by molar-refractivity contribution is -0.123. The number of aromatic nitrogens is 4. The van der Waals surface area contributed by atoms with E-state index >= 15 is 0 Å². The van der Waals surface area contributed by atoms with Crippen LogP contribution in [0, 0.1) is 0 Å². The highest BCUT2D eigenvalue weighted by atomic mass is 16.5. The Morgan fingerprint density at radius 1 is 1.07 bits per heavy atom. The molecular formula is C18H15N5O5. The summed E-state index contributed by atoms with van der Waals surface area (Å²) in [5, 5.41) is 12.9. The summed E-state index contributed by atoms with van der Waals surface area (Å²) in [4.78, 5) is 36.1. The minimum atomic E-state index is -0.755. The molecule has 0 aliphatic heterocycles. The van der Waals surface area contributed by atoms with Crippen molar-refractivity contribution in [2.24, 2.45) is 0 Å². The maximum absolute atomic E-state index is 12.1. The zero-order valence-electron chi connectivity index (χ0n) is 14.7. The number of ether oxygens (including phenoxy) is 2. The number of carbonyl (C=O) groups excluding carboxylic acids is 3. The number of hydrogen-bond acceptors (Lipinski definition) is 8. The molecule has 0 aliphatic carbocycles. The van der Waals surface area contributed by atoms with Crippen LogP contribution in [0.25, 0.3) is 5.69 Å². The summed E-state index contributed by atoms with van der Waals surface area (Å²) in [6.07, 6.45) is 1.41. The molecule has 2 aromatic carbocycles. The van der Waals surface area contributed by atoms with Gasteiger partial charge in [-0.15, -0.1) is 5.10 Å². The third-order valence-corrected chi connectivity index (χ3v) is 3.66. The summed E-state index contributed by atoms with van der Waals surface area (Å²) < 4.78 is 11.4. The quantitative estimate of drug-likeness (QED) is 0.621. The van der Waals surface area contributed by atoms with Crippen LogP contribution in [0.15, 0.2) is 54.9 Å². The fourth-order valence-electron chi connectivity index (χ4n) is 2.31. The highest BCUT2D eigenvalue weighted by Gasteiger charge is 2.16. The molecule has 1 heterocycles. The van der Waals surface area contributed by atoms with Gasteiger partial charge in [0.2, 0.25) is 0 Å². The van der Waals surface area contributed by atoms with Crippen LogP contribution in [-0.2, 0) is 9.53 Å². The molecule has 0 unspecified atom stereocenters. The molecule has 1 aromatic heterocycles. The number of esters is 1. The number of nitrogens with one attached hydrogen (secondary N) is 1. The van der Waals surface area contributed by atoms with Gasteiger partial charge in [0.15, 0.2) is 6.61 Å². The van der Waals surface area contributed by atoms with E-state index in [9.17, 15) is 14.4 Å². The fraction of sp³-hybridized carbons (Fsp3) is 0.111. The number of carbonyl (C=O) groups is 3. The minimum Gasteiger partial charge on any atom is -0.496 e. The first-order valence-electron chi connectivity index (χ1n) is 8.06. The lowest BCUT2D eigenvalue weighted by Gasteiger charge is -2.09. The summed E-state index contributed by atoms with van der Waals surface area (Å²) in [5.41, 5.74) is 1.09. The van der Waals surface area contributed by atoms with E-state index in [0.29, 0.717) is 11.4 Å². The van der Waals surface area contributed by atoms with Gasteiger partial charge in [-0.25, -0.2) is 9.48 Å². The predicted octanol–water partition coefficient (Wildman–Crippen LogP) is 0.784. The molecule has 1 N–H and O–H groups in total. The molecule has 10 nitrogen and oxygen atoms in total. The van der Waals surface area contributed by atoms with Crippen LogP contribution in [0.3, 0.4) is 0 Å². The highest BCUT2D eigenvalue weighted by Crippen LogP contribution is 2.16. The van der Waals surface area contributed by atoms with Gasteiger partial charge in [-0.2, -0.15) is 0 Å². The molecular weight excluding hydrogens is 366 g/mol. The number of para-hydroxylation sites is 1. The van der Waals surface area contributed by atoms with Crippen LogP contribution < -0.4 is 10.1 Å². The molecule has 0 saturated carbocycles. The van der Waals surface area contributed by atoms with Crippen molar-refractivity contribution in [3.8, 4) is 11.4 Å². The summed E-state index contributed by atoms with van der Waals surface area (Å²) in [7, 11) is 1.42. The van der Waals surface area contributed by atoms with E-state index < -0.39 is 24.4 Å². The average Bonchev–Trinajstić information content (AvgIpc) is 3.27. The first kappa shape index (κ1) is 18.7. The van der Waals surface area contributed by atoms with E-state index in [2.05, 4.69) is 20.8 Å². The third kappa shape index (κ3) is 4.36. The van der Waals surface area contributed by atoms with Crippen LogP contribution in [0.4, 0.5) is 0 Å². The first-order chi connectivity index (χ1) is 13.6. The lowest BCUT2D eigenvalue weighted by atomic mass is 10.2. The van der Waals surface area contributed by atoms with Crippen LogP contribution in [-0.4, -0.2) is 51.7 Å². The molecule has 0 radical (unpaired) electrons. The second-order valence-electron chi connectivity index (χ2n) is 5.45. The van der Waals surface area contributed by atoms with E-state index in [1.165, 1.54) is 36.3 Å². The molecule has 28 heavy (non-hydrogen) atoms. The first-order valence-corrected chi connectivity index (χ1v) is 8.06. The number of benzene rings is 2. The molecule has 0 bridgehead atoms. The zero-order chi connectivity index (χ0) is 19.9. The molecule has 0 atom stereocenters. The molecule has 0 aliphatic rings. The summed E-state index contributed by atoms with van der Waals surface area (Å²) in [6.45, 7) is -0.603. The van der Waals surface area contributed by atoms with Gasteiger partial charge in [-0.05, 0) is 46.8 Å². The SMILES string of the molecule is COc1ccccc1C(=O)NC(=O)COC(=O)c1ccc(-n2cnnn2)cc1. The van der Waals surface area contributed by atoms with Crippen molar-refractivity contribution in [1.29, 1.82) is 0 Å². The molecule has 0 fully saturated rings. The Kier molecular flexibility index (Phi) is 5.70. The van der Waals surface area contributed by atoms with Crippen molar-refractivity contribution in [2.75, 3.05) is 13.7 Å². The Balaban J connectivity index is 1.54. The van der Waals surface area contributed by atoms with Gasteiger partial charge in [0.1, 0.15) is 12.1 Å². The number of tetrazole rings is 1. The van der Waals surface area contributed by atoms with E-state index in [1.807, 2.05) is 0 Å². The van der Waals surface area contributed by atoms with Crippen molar-refractivity contribution in [2.45, 2.75) is 0 Å². The Hall–Kier alpha value is -4.08. The summed E-state index contributed by atoms with van der Waals surface area (Å²) in [5.74, 6) is -1.78. The molecule has 3 aromatic rings. The molecule has 0 spiro atoms. The van der Waals surface area contributed by atoms with Gasteiger partial charge in [0.05, 0.1) is 23.9 Å². The van der Waals surface area contributed by atoms with E-state index in [0.717, 1.165) is 0 Å². The molecule has 142 valence electrons. The van der Waals surface area contributed by atoms with E-state index in [1.54, 1.807) is 30.3 Å². The maximum atomic E-state index is 12.1. The summed E-state index contributed by atoms with van der Waals surface area (Å²) >= 11 is 0. The topological polar surface area (TPSA) is 125 Å². The Morgan fingerprint density at radius 2 is 1.82 bits per heavy atom. The van der Waals surface area contributed by atoms with Gasteiger partial charge >= 0.3 is 5.97 Å². The maximum Gasteiger partial charge on any atom is 0.338 e. The van der Waals surface area contributed by atoms with Crippen molar-refractivity contribution < 1.29 is 23.9 Å². The normalized spacial score (nSPS) is 10.2. The van der Waals surface area contributed by atoms with Crippen LogP contribution in [0.1, 0.15) is 20.7 Å². The van der Waals surface area contributed by atoms with Crippen LogP contribution in [0.5, 0.6) is 5.75 Å². The highest BCUT2D eigenvalue weighted by molar-refractivity contribution is 6.07. The lowest BCUT2D eigenvalue weighted by Crippen LogP contribution is -2.34. The predicted molar refractivity (Wildman–Crippen MR) is 94.9 cm³/mol. The molecule has 3 rings (SSSR count). The van der Waals surface area contributed by atoms with E-state index in [-0.39, 0.29) is 11.1 Å². The van der Waals surface area contributed by atoms with Crippen molar-refractivity contribution >= 4 is 17.8 Å². The van der Waals surface area contributed by atoms with Crippen LogP contribution >= 0.6 is 0 Å². The number of nitrogens with zero attached hydrogens (tertiary/aromatic N) is 4. The molecule has 10 heteroatoms. The van der Waals surface area contributed by atoms with Gasteiger partial charge in [-0.1, -0.05) is 12.1 Å². The van der Waals surface area contributed by atoms with Crippen molar-refractivity contribution in [1.82, 2.24) is 25.5 Å². The number of rotatable bonds is 6. The smallest absolute Gasteiger partial charge is 0.338 e.